The molecule has 0 spiro atoms. The van der Waals surface area contributed by atoms with Crippen LogP contribution in [0.4, 0.5) is 5.69 Å². The molecule has 0 atom stereocenters. The normalized spacial score (nSPS) is 15.6. The lowest BCUT2D eigenvalue weighted by Crippen LogP contribution is -2.38. The van der Waals surface area contributed by atoms with Crippen molar-refractivity contribution in [1.29, 1.82) is 0 Å². The molecule has 2 aliphatic heterocycles. The van der Waals surface area contributed by atoms with E-state index in [1.807, 2.05) is 13.0 Å². The summed E-state index contributed by atoms with van der Waals surface area (Å²) in [5, 5.41) is 2.72. The number of nitrogens with zero attached hydrogens (tertiary/aromatic N) is 2. The summed E-state index contributed by atoms with van der Waals surface area (Å²) in [5.41, 5.74) is 2.20. The summed E-state index contributed by atoms with van der Waals surface area (Å²) in [5.74, 6) is -1.62. The average Bonchev–Trinajstić information content (AvgIpc) is 3.32. The fourth-order valence-electron chi connectivity index (χ4n) is 3.85. The van der Waals surface area contributed by atoms with E-state index < -0.39 is 24.3 Å². The number of rotatable bonds is 4. The van der Waals surface area contributed by atoms with E-state index in [0.717, 1.165) is 23.3 Å². The summed E-state index contributed by atoms with van der Waals surface area (Å²) in [4.78, 5) is 53.2. The van der Waals surface area contributed by atoms with Crippen LogP contribution in [0, 0.1) is 6.92 Å². The number of carbonyl (C=O) groups excluding carboxylic acids is 4. The Morgan fingerprint density at radius 1 is 0.931 bits per heavy atom. The molecule has 4 amide bonds. The van der Waals surface area contributed by atoms with Crippen molar-refractivity contribution in [3.05, 3.63) is 64.7 Å². The van der Waals surface area contributed by atoms with Gasteiger partial charge in [0.05, 0.1) is 22.4 Å². The zero-order valence-corrected chi connectivity index (χ0v) is 16.1. The number of hydrogen-bond acceptors (Lipinski definition) is 4. The van der Waals surface area contributed by atoms with E-state index in [9.17, 15) is 19.2 Å². The van der Waals surface area contributed by atoms with Crippen LogP contribution in [0.5, 0.6) is 0 Å². The first-order valence-electron chi connectivity index (χ1n) is 9.61. The van der Waals surface area contributed by atoms with E-state index in [1.165, 1.54) is 0 Å². The molecule has 0 bridgehead atoms. The quantitative estimate of drug-likeness (QED) is 0.811. The fraction of sp³-hybridized carbons (Fsp3) is 0.273. The maximum Gasteiger partial charge on any atom is 0.262 e. The molecule has 2 heterocycles. The molecule has 2 aromatic rings. The molecule has 2 aromatic carbocycles. The SMILES string of the molecule is Cc1cccc(NC(=O)CN2C(=O)c3ccccc3C2=O)c1C(=O)N1CCCC1. The summed E-state index contributed by atoms with van der Waals surface area (Å²) in [7, 11) is 0. The third kappa shape index (κ3) is 3.40. The molecule has 4 rings (SSSR count). The molecule has 0 aliphatic carbocycles. The predicted octanol–water partition coefficient (Wildman–Crippen LogP) is 2.47. The number of imide groups is 1. The second-order valence-corrected chi connectivity index (χ2v) is 7.29. The molecule has 0 aromatic heterocycles. The van der Waals surface area contributed by atoms with Gasteiger partial charge in [-0.3, -0.25) is 24.1 Å². The summed E-state index contributed by atoms with van der Waals surface area (Å²) >= 11 is 0. The molecule has 7 nitrogen and oxygen atoms in total. The fourth-order valence-corrected chi connectivity index (χ4v) is 3.85. The van der Waals surface area contributed by atoms with Crippen LogP contribution in [-0.4, -0.2) is 53.1 Å². The van der Waals surface area contributed by atoms with Crippen LogP contribution < -0.4 is 5.32 Å². The first kappa shape index (κ1) is 18.9. The Balaban J connectivity index is 1.53. The van der Waals surface area contributed by atoms with Gasteiger partial charge in [0.25, 0.3) is 17.7 Å². The summed E-state index contributed by atoms with van der Waals surface area (Å²) in [6.07, 6.45) is 1.94. The Morgan fingerprint density at radius 2 is 1.55 bits per heavy atom. The number of fused-ring (bicyclic) bond motifs is 1. The second kappa shape index (κ2) is 7.50. The number of nitrogens with one attached hydrogen (secondary N) is 1. The molecule has 7 heteroatoms. The van der Waals surface area contributed by atoms with Gasteiger partial charge in [-0.05, 0) is 43.5 Å². The van der Waals surface area contributed by atoms with Crippen molar-refractivity contribution in [2.24, 2.45) is 0 Å². The Hall–Kier alpha value is -3.48. The lowest BCUT2D eigenvalue weighted by molar-refractivity contribution is -0.116. The standard InChI is InChI=1S/C22H21N3O4/c1-14-7-6-10-17(19(14)22(29)24-11-4-5-12-24)23-18(26)13-25-20(27)15-8-2-3-9-16(15)21(25)28/h2-3,6-10H,4-5,11-13H2,1H3,(H,23,26). The van der Waals surface area contributed by atoms with Gasteiger partial charge >= 0.3 is 0 Å². The van der Waals surface area contributed by atoms with Gasteiger partial charge < -0.3 is 10.2 Å². The van der Waals surface area contributed by atoms with Gasteiger partial charge in [-0.15, -0.1) is 0 Å². The van der Waals surface area contributed by atoms with Crippen molar-refractivity contribution in [3.63, 3.8) is 0 Å². The van der Waals surface area contributed by atoms with Gasteiger partial charge in [-0.25, -0.2) is 0 Å². The first-order chi connectivity index (χ1) is 14.0. The maximum atomic E-state index is 12.9. The molecule has 0 radical (unpaired) electrons. The van der Waals surface area contributed by atoms with Crippen LogP contribution in [-0.2, 0) is 4.79 Å². The van der Waals surface area contributed by atoms with Crippen molar-refractivity contribution in [3.8, 4) is 0 Å². The molecule has 1 N–H and O–H groups in total. The molecule has 148 valence electrons. The topological polar surface area (TPSA) is 86.8 Å². The summed E-state index contributed by atoms with van der Waals surface area (Å²) in [6.45, 7) is 2.83. The molecular formula is C22H21N3O4. The van der Waals surface area contributed by atoms with Crippen molar-refractivity contribution in [2.75, 3.05) is 25.0 Å². The minimum Gasteiger partial charge on any atom is -0.339 e. The second-order valence-electron chi connectivity index (χ2n) is 7.29. The lowest BCUT2D eigenvalue weighted by Gasteiger charge is -2.20. The average molecular weight is 391 g/mol. The minimum atomic E-state index is -0.527. The van der Waals surface area contributed by atoms with Crippen LogP contribution in [0.3, 0.4) is 0 Å². The Labute approximate surface area is 168 Å². The zero-order valence-electron chi connectivity index (χ0n) is 16.1. The maximum absolute atomic E-state index is 12.9. The molecule has 2 aliphatic rings. The van der Waals surface area contributed by atoms with Crippen molar-refractivity contribution in [2.45, 2.75) is 19.8 Å². The monoisotopic (exact) mass is 391 g/mol. The van der Waals surface area contributed by atoms with E-state index in [0.29, 0.717) is 35.5 Å². The van der Waals surface area contributed by atoms with Gasteiger partial charge in [-0.1, -0.05) is 24.3 Å². The predicted molar refractivity (Wildman–Crippen MR) is 107 cm³/mol. The van der Waals surface area contributed by atoms with Crippen molar-refractivity contribution < 1.29 is 19.2 Å². The minimum absolute atomic E-state index is 0.114. The highest BCUT2D eigenvalue weighted by Crippen LogP contribution is 2.25. The van der Waals surface area contributed by atoms with Crippen LogP contribution in [0.25, 0.3) is 0 Å². The number of aryl methyl sites for hydroxylation is 1. The number of hydrogen-bond donors (Lipinski definition) is 1. The molecule has 1 fully saturated rings. The largest absolute Gasteiger partial charge is 0.339 e. The Morgan fingerprint density at radius 3 is 2.17 bits per heavy atom. The number of benzene rings is 2. The van der Waals surface area contributed by atoms with E-state index in [4.69, 9.17) is 0 Å². The zero-order chi connectivity index (χ0) is 20.5. The van der Waals surface area contributed by atoms with E-state index in [1.54, 1.807) is 41.3 Å². The van der Waals surface area contributed by atoms with Gasteiger partial charge in [0.1, 0.15) is 6.54 Å². The van der Waals surface area contributed by atoms with E-state index in [-0.39, 0.29) is 5.91 Å². The molecule has 0 saturated carbocycles. The molecular weight excluding hydrogens is 370 g/mol. The van der Waals surface area contributed by atoms with Gasteiger partial charge in [0, 0.05) is 13.1 Å². The third-order valence-electron chi connectivity index (χ3n) is 5.33. The highest BCUT2D eigenvalue weighted by atomic mass is 16.2. The van der Waals surface area contributed by atoms with E-state index in [2.05, 4.69) is 5.32 Å². The van der Waals surface area contributed by atoms with Crippen LogP contribution in [0.2, 0.25) is 0 Å². The Bertz CT molecular complexity index is 989. The summed E-state index contributed by atoms with van der Waals surface area (Å²) in [6, 6.07) is 11.7. The highest BCUT2D eigenvalue weighted by molar-refractivity contribution is 6.22. The van der Waals surface area contributed by atoms with Crippen LogP contribution >= 0.6 is 0 Å². The third-order valence-corrected chi connectivity index (χ3v) is 5.33. The van der Waals surface area contributed by atoms with Gasteiger partial charge in [-0.2, -0.15) is 0 Å². The van der Waals surface area contributed by atoms with E-state index >= 15 is 0 Å². The molecule has 1 saturated heterocycles. The first-order valence-corrected chi connectivity index (χ1v) is 9.61. The van der Waals surface area contributed by atoms with Crippen molar-refractivity contribution in [1.82, 2.24) is 9.80 Å². The van der Waals surface area contributed by atoms with Crippen LogP contribution in [0.15, 0.2) is 42.5 Å². The number of anilines is 1. The summed E-state index contributed by atoms with van der Waals surface area (Å²) < 4.78 is 0. The highest BCUT2D eigenvalue weighted by Gasteiger charge is 2.36. The lowest BCUT2D eigenvalue weighted by atomic mass is 10.0. The Kier molecular flexibility index (Phi) is 4.88. The van der Waals surface area contributed by atoms with Gasteiger partial charge in [0.15, 0.2) is 0 Å². The number of likely N-dealkylation sites (tertiary alicyclic amines) is 1. The molecule has 0 unspecified atom stereocenters. The number of amides is 4. The van der Waals surface area contributed by atoms with Gasteiger partial charge in [0.2, 0.25) is 5.91 Å². The smallest absolute Gasteiger partial charge is 0.262 e. The molecule has 29 heavy (non-hydrogen) atoms. The van der Waals surface area contributed by atoms with Crippen molar-refractivity contribution >= 4 is 29.3 Å². The number of carbonyl (C=O) groups is 4. The van der Waals surface area contributed by atoms with Crippen LogP contribution in [0.1, 0.15) is 49.5 Å².